The summed E-state index contributed by atoms with van der Waals surface area (Å²) in [6.07, 6.45) is 0.660. The minimum atomic E-state index is -4.11. The molecule has 9 nitrogen and oxygen atoms in total. The van der Waals surface area contributed by atoms with Gasteiger partial charge < -0.3 is 10.1 Å². The average molecular weight is 436 g/mol. The highest BCUT2D eigenvalue weighted by Gasteiger charge is 2.28. The molecule has 0 atom stereocenters. The van der Waals surface area contributed by atoms with Crippen LogP contribution in [-0.4, -0.2) is 45.0 Å². The van der Waals surface area contributed by atoms with Gasteiger partial charge in [0.2, 0.25) is 5.91 Å². The van der Waals surface area contributed by atoms with E-state index in [1.54, 1.807) is 18.2 Å². The van der Waals surface area contributed by atoms with Crippen LogP contribution in [0.2, 0.25) is 0 Å². The molecule has 0 aromatic heterocycles. The summed E-state index contributed by atoms with van der Waals surface area (Å²) in [6.45, 7) is 4.09. The standard InChI is InChI=1S/C20H25N3O6S/c1-16(2)29-13-7-12-21-20(24)15-22(17-8-6-9-18(14-17)23(25)26)30(27,28)19-10-4-3-5-11-19/h3-6,8-11,14,16H,7,12-13,15H2,1-2H3,(H,21,24). The summed E-state index contributed by atoms with van der Waals surface area (Å²) in [7, 11) is -4.11. The van der Waals surface area contributed by atoms with E-state index in [-0.39, 0.29) is 22.4 Å². The van der Waals surface area contributed by atoms with Gasteiger partial charge >= 0.3 is 0 Å². The highest BCUT2D eigenvalue weighted by Crippen LogP contribution is 2.26. The normalized spacial score (nSPS) is 11.3. The zero-order valence-corrected chi connectivity index (χ0v) is 17.7. The van der Waals surface area contributed by atoms with Gasteiger partial charge in [-0.15, -0.1) is 0 Å². The van der Waals surface area contributed by atoms with Gasteiger partial charge in [-0.2, -0.15) is 0 Å². The number of hydrogen-bond donors (Lipinski definition) is 1. The lowest BCUT2D eigenvalue weighted by Gasteiger charge is -2.24. The summed E-state index contributed by atoms with van der Waals surface area (Å²) in [5.74, 6) is -0.523. The first-order valence-electron chi connectivity index (χ1n) is 9.42. The van der Waals surface area contributed by atoms with Gasteiger partial charge in [-0.05, 0) is 38.5 Å². The number of nitro groups is 1. The fourth-order valence-electron chi connectivity index (χ4n) is 2.60. The van der Waals surface area contributed by atoms with Crippen molar-refractivity contribution in [1.29, 1.82) is 0 Å². The van der Waals surface area contributed by atoms with E-state index in [9.17, 15) is 23.3 Å². The van der Waals surface area contributed by atoms with E-state index in [2.05, 4.69) is 5.32 Å². The number of carbonyl (C=O) groups excluding carboxylic acids is 1. The molecule has 0 heterocycles. The maximum Gasteiger partial charge on any atom is 0.271 e. The molecule has 0 fully saturated rings. The summed E-state index contributed by atoms with van der Waals surface area (Å²) in [5.41, 5.74) is -0.238. The fourth-order valence-corrected chi connectivity index (χ4v) is 4.04. The van der Waals surface area contributed by atoms with Gasteiger partial charge in [-0.1, -0.05) is 24.3 Å². The van der Waals surface area contributed by atoms with Crippen LogP contribution in [0.3, 0.4) is 0 Å². The number of rotatable bonds is 11. The molecule has 0 bridgehead atoms. The van der Waals surface area contributed by atoms with Crippen molar-refractivity contribution < 1.29 is 22.9 Å². The number of nitrogens with one attached hydrogen (secondary N) is 1. The molecule has 10 heteroatoms. The zero-order chi connectivity index (χ0) is 22.1. The Morgan fingerprint density at radius 1 is 1.17 bits per heavy atom. The molecule has 1 N–H and O–H groups in total. The molecule has 162 valence electrons. The van der Waals surface area contributed by atoms with Crippen molar-refractivity contribution in [2.24, 2.45) is 0 Å². The molecule has 0 aliphatic carbocycles. The second-order valence-electron chi connectivity index (χ2n) is 6.72. The van der Waals surface area contributed by atoms with E-state index in [1.165, 1.54) is 30.3 Å². The number of hydrogen-bond acceptors (Lipinski definition) is 6. The highest BCUT2D eigenvalue weighted by molar-refractivity contribution is 7.92. The second kappa shape index (κ2) is 10.7. The molecule has 2 aromatic rings. The Hall–Kier alpha value is -2.98. The van der Waals surface area contributed by atoms with E-state index in [0.717, 1.165) is 10.4 Å². The van der Waals surface area contributed by atoms with Gasteiger partial charge in [-0.25, -0.2) is 8.42 Å². The first-order chi connectivity index (χ1) is 14.2. The molecule has 0 spiro atoms. The van der Waals surface area contributed by atoms with Crippen molar-refractivity contribution in [1.82, 2.24) is 5.32 Å². The third-order valence-electron chi connectivity index (χ3n) is 4.04. The van der Waals surface area contributed by atoms with Crippen LogP contribution in [0.5, 0.6) is 0 Å². The summed E-state index contributed by atoms with van der Waals surface area (Å²) in [6, 6.07) is 12.8. The van der Waals surface area contributed by atoms with Crippen LogP contribution in [0.1, 0.15) is 20.3 Å². The van der Waals surface area contributed by atoms with Gasteiger partial charge in [0.1, 0.15) is 6.54 Å². The van der Waals surface area contributed by atoms with Crippen molar-refractivity contribution in [3.05, 3.63) is 64.7 Å². The van der Waals surface area contributed by atoms with Crippen LogP contribution < -0.4 is 9.62 Å². The van der Waals surface area contributed by atoms with Crippen LogP contribution in [0.25, 0.3) is 0 Å². The SMILES string of the molecule is CC(C)OCCCNC(=O)CN(c1cccc([N+](=O)[O-])c1)S(=O)(=O)c1ccccc1. The minimum Gasteiger partial charge on any atom is -0.379 e. The Morgan fingerprint density at radius 3 is 2.50 bits per heavy atom. The number of amides is 1. The maximum atomic E-state index is 13.2. The maximum absolute atomic E-state index is 13.2. The lowest BCUT2D eigenvalue weighted by atomic mass is 10.3. The van der Waals surface area contributed by atoms with E-state index >= 15 is 0 Å². The number of nitro benzene ring substituents is 1. The summed E-state index contributed by atoms with van der Waals surface area (Å²) < 4.78 is 32.6. The van der Waals surface area contributed by atoms with Crippen LogP contribution in [0.15, 0.2) is 59.5 Å². The van der Waals surface area contributed by atoms with Crippen LogP contribution in [0.4, 0.5) is 11.4 Å². The Balaban J connectivity index is 2.23. The Morgan fingerprint density at radius 2 is 1.87 bits per heavy atom. The average Bonchev–Trinajstić information content (AvgIpc) is 2.72. The van der Waals surface area contributed by atoms with E-state index in [4.69, 9.17) is 4.74 Å². The number of nitrogens with zero attached hydrogens (tertiary/aromatic N) is 2. The van der Waals surface area contributed by atoms with Crippen molar-refractivity contribution in [3.8, 4) is 0 Å². The third kappa shape index (κ3) is 6.53. The number of benzene rings is 2. The first-order valence-corrected chi connectivity index (χ1v) is 10.9. The molecule has 0 aliphatic heterocycles. The molecule has 0 aliphatic rings. The predicted molar refractivity (Wildman–Crippen MR) is 113 cm³/mol. The second-order valence-corrected chi connectivity index (χ2v) is 8.59. The first kappa shape index (κ1) is 23.3. The monoisotopic (exact) mass is 435 g/mol. The molecule has 30 heavy (non-hydrogen) atoms. The molecule has 0 unspecified atom stereocenters. The van der Waals surface area contributed by atoms with Gasteiger partial charge in [0.05, 0.1) is 21.6 Å². The number of ether oxygens (including phenoxy) is 1. The summed E-state index contributed by atoms with van der Waals surface area (Å²) in [5, 5.41) is 13.8. The zero-order valence-electron chi connectivity index (χ0n) is 16.9. The topological polar surface area (TPSA) is 119 Å². The van der Waals surface area contributed by atoms with E-state index in [0.29, 0.717) is 19.6 Å². The van der Waals surface area contributed by atoms with Gasteiger partial charge in [0, 0.05) is 25.3 Å². The number of sulfonamides is 1. The number of non-ortho nitro benzene ring substituents is 1. The highest BCUT2D eigenvalue weighted by atomic mass is 32.2. The smallest absolute Gasteiger partial charge is 0.271 e. The van der Waals surface area contributed by atoms with Crippen molar-refractivity contribution in [2.75, 3.05) is 24.0 Å². The van der Waals surface area contributed by atoms with Crippen molar-refractivity contribution in [3.63, 3.8) is 0 Å². The Bertz CT molecular complexity index is 964. The van der Waals surface area contributed by atoms with E-state index in [1.807, 2.05) is 13.8 Å². The Labute approximate surface area is 175 Å². The van der Waals surface area contributed by atoms with Crippen molar-refractivity contribution >= 4 is 27.3 Å². The fraction of sp³-hybridized carbons (Fsp3) is 0.350. The van der Waals surface area contributed by atoms with Crippen LogP contribution >= 0.6 is 0 Å². The largest absolute Gasteiger partial charge is 0.379 e. The quantitative estimate of drug-likeness (QED) is 0.329. The Kier molecular flexibility index (Phi) is 8.31. The van der Waals surface area contributed by atoms with Crippen LogP contribution in [-0.2, 0) is 19.6 Å². The molecular weight excluding hydrogens is 410 g/mol. The molecule has 0 saturated carbocycles. The van der Waals surface area contributed by atoms with Gasteiger partial charge in [0.15, 0.2) is 0 Å². The lowest BCUT2D eigenvalue weighted by molar-refractivity contribution is -0.384. The molecular formula is C20H25N3O6S. The van der Waals surface area contributed by atoms with E-state index < -0.39 is 27.4 Å². The molecule has 2 rings (SSSR count). The molecule has 0 radical (unpaired) electrons. The minimum absolute atomic E-state index is 0.0189. The number of carbonyl (C=O) groups is 1. The predicted octanol–water partition coefficient (Wildman–Crippen LogP) is 2.72. The summed E-state index contributed by atoms with van der Waals surface area (Å²) >= 11 is 0. The van der Waals surface area contributed by atoms with Gasteiger partial charge in [-0.3, -0.25) is 19.2 Å². The van der Waals surface area contributed by atoms with Crippen molar-refractivity contribution in [2.45, 2.75) is 31.3 Å². The lowest BCUT2D eigenvalue weighted by Crippen LogP contribution is -2.41. The summed E-state index contributed by atoms with van der Waals surface area (Å²) in [4.78, 5) is 22.9. The molecule has 2 aromatic carbocycles. The number of anilines is 1. The van der Waals surface area contributed by atoms with Crippen LogP contribution in [0, 0.1) is 10.1 Å². The molecule has 0 saturated heterocycles. The third-order valence-corrected chi connectivity index (χ3v) is 5.83. The van der Waals surface area contributed by atoms with Gasteiger partial charge in [0.25, 0.3) is 15.7 Å². The molecule has 1 amide bonds.